The highest BCUT2D eigenvalue weighted by Crippen LogP contribution is 2.67. The van der Waals surface area contributed by atoms with Crippen LogP contribution in [0.1, 0.15) is 86.0 Å². The third kappa shape index (κ3) is 4.60. The number of oxime groups is 1. The monoisotopic (exact) mass is 504 g/mol. The molecule has 3 saturated carbocycles. The van der Waals surface area contributed by atoms with Crippen LogP contribution in [0.25, 0.3) is 0 Å². The summed E-state index contributed by atoms with van der Waals surface area (Å²) in [7, 11) is 0. The van der Waals surface area contributed by atoms with Crippen LogP contribution in [0, 0.1) is 34.0 Å². The fraction of sp³-hybridized carbons (Fsp3) is 0.821. The highest BCUT2D eigenvalue weighted by atomic mass is 16.6. The Morgan fingerprint density at radius 3 is 2.53 bits per heavy atom. The molecular weight excluding hydrogens is 460 g/mol. The molecule has 36 heavy (non-hydrogen) atoms. The lowest BCUT2D eigenvalue weighted by atomic mass is 9.46. The average molecular weight is 505 g/mol. The van der Waals surface area contributed by atoms with Crippen LogP contribution in [-0.4, -0.2) is 57.8 Å². The van der Waals surface area contributed by atoms with E-state index in [0.717, 1.165) is 57.1 Å². The first kappa shape index (κ1) is 27.1. The molecule has 0 aromatic rings. The number of aliphatic carboxylic acids is 1. The molecular formula is C28H44N2O6. The molecule has 0 aromatic carbocycles. The van der Waals surface area contributed by atoms with Gasteiger partial charge < -0.3 is 25.5 Å². The molecule has 0 heterocycles. The van der Waals surface area contributed by atoms with Crippen molar-refractivity contribution in [2.45, 2.75) is 97.7 Å². The van der Waals surface area contributed by atoms with Crippen molar-refractivity contribution in [1.29, 1.82) is 0 Å². The van der Waals surface area contributed by atoms with Gasteiger partial charge in [0.2, 0.25) is 0 Å². The van der Waals surface area contributed by atoms with E-state index >= 15 is 0 Å². The van der Waals surface area contributed by atoms with Gasteiger partial charge in [-0.3, -0.25) is 4.79 Å². The normalized spacial score (nSPS) is 39.9. The molecule has 0 bridgehead atoms. The summed E-state index contributed by atoms with van der Waals surface area (Å²) in [6.07, 6.45) is 8.96. The number of carboxylic acid groups (broad SMARTS) is 1. The van der Waals surface area contributed by atoms with Crippen LogP contribution in [0.4, 0.5) is 0 Å². The SMILES string of the molecule is CC(C)(CNC(=O)CON=C1C=C2CCC3C(CCC4(C)C3CCC4(C)O)C2(C)CC1)C(O)C(=O)O. The Morgan fingerprint density at radius 2 is 1.83 bits per heavy atom. The van der Waals surface area contributed by atoms with E-state index in [0.29, 0.717) is 17.8 Å². The molecule has 0 radical (unpaired) electrons. The molecule has 4 aliphatic carbocycles. The van der Waals surface area contributed by atoms with Crippen molar-refractivity contribution in [2.24, 2.45) is 39.2 Å². The predicted octanol–water partition coefficient (Wildman–Crippen LogP) is 3.66. The summed E-state index contributed by atoms with van der Waals surface area (Å²) in [5.74, 6) is 0.185. The lowest BCUT2D eigenvalue weighted by molar-refractivity contribution is -0.153. The Balaban J connectivity index is 1.35. The zero-order valence-electron chi connectivity index (χ0n) is 22.5. The van der Waals surface area contributed by atoms with Crippen molar-refractivity contribution >= 4 is 17.6 Å². The maximum atomic E-state index is 12.2. The topological polar surface area (TPSA) is 128 Å². The second-order valence-corrected chi connectivity index (χ2v) is 13.1. The molecule has 7 atom stereocenters. The van der Waals surface area contributed by atoms with Gasteiger partial charge in [0.15, 0.2) is 12.7 Å². The Labute approximate surface area is 214 Å². The standard InChI is InChI=1S/C28H44N2O6/c1-25(2,23(32)24(33)34)16-29-22(31)15-36-30-18-8-11-26(3)17(14-18)6-7-19-20(26)9-12-27(4)21(19)10-13-28(27,5)35/h14,19-21,23,32,35H,6-13,15-16H2,1-5H3,(H,29,31)(H,33,34). The number of amides is 1. The van der Waals surface area contributed by atoms with Gasteiger partial charge in [-0.2, -0.15) is 0 Å². The summed E-state index contributed by atoms with van der Waals surface area (Å²) in [4.78, 5) is 28.5. The summed E-state index contributed by atoms with van der Waals surface area (Å²) in [5, 5.41) is 36.7. The summed E-state index contributed by atoms with van der Waals surface area (Å²) < 4.78 is 0. The van der Waals surface area contributed by atoms with Crippen molar-refractivity contribution in [3.05, 3.63) is 11.6 Å². The van der Waals surface area contributed by atoms with E-state index in [2.05, 4.69) is 30.4 Å². The number of aliphatic hydroxyl groups is 2. The Bertz CT molecular complexity index is 956. The molecule has 3 fully saturated rings. The molecule has 8 nitrogen and oxygen atoms in total. The van der Waals surface area contributed by atoms with Gasteiger partial charge in [-0.25, -0.2) is 4.79 Å². The molecule has 0 aromatic heterocycles. The van der Waals surface area contributed by atoms with Crippen LogP contribution in [0.15, 0.2) is 16.8 Å². The van der Waals surface area contributed by atoms with Gasteiger partial charge in [0.05, 0.1) is 11.3 Å². The number of fused-ring (bicyclic) bond motifs is 5. The maximum absolute atomic E-state index is 12.2. The van der Waals surface area contributed by atoms with E-state index < -0.39 is 29.0 Å². The Kier molecular flexibility index (Phi) is 7.10. The lowest BCUT2D eigenvalue weighted by Crippen LogP contribution is -2.53. The molecule has 8 heteroatoms. The molecule has 0 saturated heterocycles. The largest absolute Gasteiger partial charge is 0.479 e. The van der Waals surface area contributed by atoms with Crippen LogP contribution < -0.4 is 5.32 Å². The van der Waals surface area contributed by atoms with E-state index in [4.69, 9.17) is 9.94 Å². The maximum Gasteiger partial charge on any atom is 0.333 e. The summed E-state index contributed by atoms with van der Waals surface area (Å²) in [6.45, 7) is 9.71. The first-order valence-electron chi connectivity index (χ1n) is 13.5. The fourth-order valence-electron chi connectivity index (χ4n) is 7.87. The molecule has 4 N–H and O–H groups in total. The summed E-state index contributed by atoms with van der Waals surface area (Å²) in [6, 6.07) is 0. The van der Waals surface area contributed by atoms with E-state index in [1.807, 2.05) is 6.92 Å². The van der Waals surface area contributed by atoms with Crippen LogP contribution in [0.2, 0.25) is 0 Å². The molecule has 0 aliphatic heterocycles. The smallest absolute Gasteiger partial charge is 0.333 e. The number of hydrogen-bond donors (Lipinski definition) is 4. The van der Waals surface area contributed by atoms with E-state index in [1.54, 1.807) is 13.8 Å². The molecule has 202 valence electrons. The van der Waals surface area contributed by atoms with Crippen molar-refractivity contribution in [2.75, 3.05) is 13.2 Å². The first-order valence-corrected chi connectivity index (χ1v) is 13.5. The predicted molar refractivity (Wildman–Crippen MR) is 136 cm³/mol. The van der Waals surface area contributed by atoms with Gasteiger partial charge in [0, 0.05) is 12.0 Å². The van der Waals surface area contributed by atoms with E-state index in [9.17, 15) is 19.8 Å². The van der Waals surface area contributed by atoms with Gasteiger partial charge in [0.25, 0.3) is 5.91 Å². The average Bonchev–Trinajstić information content (AvgIpc) is 3.06. The third-order valence-corrected chi connectivity index (χ3v) is 10.6. The van der Waals surface area contributed by atoms with Crippen molar-refractivity contribution in [3.63, 3.8) is 0 Å². The number of carbonyl (C=O) groups excluding carboxylic acids is 1. The number of carboxylic acids is 1. The molecule has 1 amide bonds. The van der Waals surface area contributed by atoms with Gasteiger partial charge in [0.1, 0.15) is 0 Å². The van der Waals surface area contributed by atoms with Crippen molar-refractivity contribution in [1.82, 2.24) is 5.32 Å². The number of rotatable bonds is 7. The third-order valence-electron chi connectivity index (χ3n) is 10.6. The fourth-order valence-corrected chi connectivity index (χ4v) is 7.87. The second-order valence-electron chi connectivity index (χ2n) is 13.1. The number of nitrogens with one attached hydrogen (secondary N) is 1. The summed E-state index contributed by atoms with van der Waals surface area (Å²) in [5.41, 5.74) is 0.935. The summed E-state index contributed by atoms with van der Waals surface area (Å²) >= 11 is 0. The Hall–Kier alpha value is -1.93. The lowest BCUT2D eigenvalue weighted by Gasteiger charge is -2.59. The van der Waals surface area contributed by atoms with Crippen LogP contribution in [-0.2, 0) is 14.4 Å². The minimum atomic E-state index is -1.57. The van der Waals surface area contributed by atoms with Crippen molar-refractivity contribution in [3.8, 4) is 0 Å². The second kappa shape index (κ2) is 9.43. The number of carbonyl (C=O) groups is 2. The van der Waals surface area contributed by atoms with Gasteiger partial charge in [-0.05, 0) is 93.0 Å². The van der Waals surface area contributed by atoms with Gasteiger partial charge in [-0.15, -0.1) is 0 Å². The Morgan fingerprint density at radius 1 is 1.14 bits per heavy atom. The van der Waals surface area contributed by atoms with E-state index in [1.165, 1.54) is 5.57 Å². The van der Waals surface area contributed by atoms with Crippen molar-refractivity contribution < 1.29 is 29.7 Å². The van der Waals surface area contributed by atoms with Crippen LogP contribution in [0.5, 0.6) is 0 Å². The zero-order chi connectivity index (χ0) is 26.5. The minimum Gasteiger partial charge on any atom is -0.479 e. The van der Waals surface area contributed by atoms with E-state index in [-0.39, 0.29) is 24.0 Å². The van der Waals surface area contributed by atoms with Crippen LogP contribution in [0.3, 0.4) is 0 Å². The first-order chi connectivity index (χ1) is 16.7. The number of nitrogens with zero attached hydrogens (tertiary/aromatic N) is 1. The molecule has 4 aliphatic rings. The number of aliphatic hydroxyl groups excluding tert-OH is 1. The quantitative estimate of drug-likeness (QED) is 0.392. The van der Waals surface area contributed by atoms with Crippen LogP contribution >= 0.6 is 0 Å². The number of allylic oxidation sites excluding steroid dienone is 2. The molecule has 7 unspecified atom stereocenters. The highest BCUT2D eigenvalue weighted by molar-refractivity contribution is 5.96. The zero-order valence-corrected chi connectivity index (χ0v) is 22.5. The van der Waals surface area contributed by atoms with Gasteiger partial charge >= 0.3 is 5.97 Å². The highest BCUT2D eigenvalue weighted by Gasteiger charge is 2.62. The van der Waals surface area contributed by atoms with Gasteiger partial charge in [-0.1, -0.05) is 38.4 Å². The molecule has 4 rings (SSSR count). The number of hydrogen-bond acceptors (Lipinski definition) is 6. The molecule has 0 spiro atoms. The minimum absolute atomic E-state index is 0.0136.